The molecule has 27 heavy (non-hydrogen) atoms. The Morgan fingerprint density at radius 3 is 2.07 bits per heavy atom. The first-order chi connectivity index (χ1) is 12.9. The summed E-state index contributed by atoms with van der Waals surface area (Å²) in [5, 5.41) is 0.968. The summed E-state index contributed by atoms with van der Waals surface area (Å²) in [5.74, 6) is 0.913. The Bertz CT molecular complexity index is 723. The maximum Gasteiger partial charge on any atom is 0.224 e. The van der Waals surface area contributed by atoms with E-state index in [4.69, 9.17) is 40.5 Å². The first-order valence-corrected chi connectivity index (χ1v) is 10.3. The maximum absolute atomic E-state index is 5.92. The summed E-state index contributed by atoms with van der Waals surface area (Å²) in [6.45, 7) is 6.02. The number of nitrogens with two attached hydrogens (primary N) is 1. The van der Waals surface area contributed by atoms with Crippen LogP contribution in [0.1, 0.15) is 44.5 Å². The van der Waals surface area contributed by atoms with Gasteiger partial charge in [0.25, 0.3) is 0 Å². The lowest BCUT2D eigenvalue weighted by atomic mass is 10.2. The molecular weight excluding hydrogens is 407 g/mol. The van der Waals surface area contributed by atoms with Gasteiger partial charge in [0.1, 0.15) is 11.0 Å². The van der Waals surface area contributed by atoms with E-state index >= 15 is 0 Å². The van der Waals surface area contributed by atoms with Crippen molar-refractivity contribution < 1.29 is 0 Å². The second kappa shape index (κ2) is 11.0. The summed E-state index contributed by atoms with van der Waals surface area (Å²) in [6.07, 6.45) is 4.94. The van der Waals surface area contributed by atoms with Crippen molar-refractivity contribution >= 4 is 40.6 Å². The van der Waals surface area contributed by atoms with Crippen LogP contribution >= 0.6 is 34.8 Å². The predicted octanol–water partition coefficient (Wildman–Crippen LogP) is 4.36. The molecule has 1 aliphatic heterocycles. The molecule has 0 unspecified atom stereocenters. The third kappa shape index (κ3) is 7.37. The van der Waals surface area contributed by atoms with Crippen molar-refractivity contribution in [2.24, 2.45) is 5.73 Å². The topological polar surface area (TPSA) is 80.8 Å². The number of aromatic nitrogens is 4. The fourth-order valence-electron chi connectivity index (χ4n) is 2.81. The van der Waals surface area contributed by atoms with Gasteiger partial charge in [0, 0.05) is 36.6 Å². The van der Waals surface area contributed by atoms with Gasteiger partial charge in [-0.2, -0.15) is 0 Å². The SMILES string of the molecule is CCCc1cc(Cl)nc(Cl)n1.CCCc1cc(N2CC[C@H](N)C2)nc(Cl)n1. The van der Waals surface area contributed by atoms with E-state index < -0.39 is 0 Å². The molecule has 1 aliphatic rings. The predicted molar refractivity (Wildman–Crippen MR) is 112 cm³/mol. The smallest absolute Gasteiger partial charge is 0.224 e. The van der Waals surface area contributed by atoms with E-state index in [0.717, 1.165) is 62.4 Å². The molecular formula is C18H25Cl3N6. The molecule has 148 valence electrons. The van der Waals surface area contributed by atoms with Gasteiger partial charge in [0.15, 0.2) is 0 Å². The van der Waals surface area contributed by atoms with Crippen LogP contribution in [0, 0.1) is 0 Å². The van der Waals surface area contributed by atoms with Gasteiger partial charge >= 0.3 is 0 Å². The number of aryl methyl sites for hydroxylation is 2. The summed E-state index contributed by atoms with van der Waals surface area (Å²) in [4.78, 5) is 18.4. The second-order valence-electron chi connectivity index (χ2n) is 6.43. The van der Waals surface area contributed by atoms with Crippen molar-refractivity contribution in [2.75, 3.05) is 18.0 Å². The van der Waals surface area contributed by atoms with Gasteiger partial charge < -0.3 is 10.6 Å². The van der Waals surface area contributed by atoms with Gasteiger partial charge in [-0.25, -0.2) is 19.9 Å². The molecule has 0 amide bonds. The fraction of sp³-hybridized carbons (Fsp3) is 0.556. The third-order valence-electron chi connectivity index (χ3n) is 4.02. The molecule has 1 saturated heterocycles. The largest absolute Gasteiger partial charge is 0.355 e. The Kier molecular flexibility index (Phi) is 8.96. The number of halogens is 3. The summed E-state index contributed by atoms with van der Waals surface area (Å²) >= 11 is 17.1. The summed E-state index contributed by atoms with van der Waals surface area (Å²) in [7, 11) is 0. The molecule has 1 atom stereocenters. The van der Waals surface area contributed by atoms with E-state index in [2.05, 4.69) is 38.7 Å². The molecule has 2 aromatic rings. The highest BCUT2D eigenvalue weighted by Crippen LogP contribution is 2.20. The van der Waals surface area contributed by atoms with Crippen molar-refractivity contribution in [3.63, 3.8) is 0 Å². The first kappa shape index (κ1) is 22.1. The van der Waals surface area contributed by atoms with Crippen LogP contribution in [-0.4, -0.2) is 39.1 Å². The molecule has 0 bridgehead atoms. The molecule has 0 spiro atoms. The number of hydrogen-bond acceptors (Lipinski definition) is 6. The van der Waals surface area contributed by atoms with E-state index in [0.29, 0.717) is 10.4 Å². The van der Waals surface area contributed by atoms with Crippen molar-refractivity contribution in [1.82, 2.24) is 19.9 Å². The van der Waals surface area contributed by atoms with Crippen LogP contribution in [0.3, 0.4) is 0 Å². The van der Waals surface area contributed by atoms with E-state index in [9.17, 15) is 0 Å². The standard InChI is InChI=1S/C11H17ClN4.C7H8Cl2N2/c1-2-3-9-6-10(15-11(12)14-9)16-5-4-8(13)7-16;1-2-3-5-4-6(8)11-7(9)10-5/h6,8H,2-5,7,13H2,1H3;4H,2-3H2,1H3/t8-;/m0./s1. The Balaban J connectivity index is 0.000000208. The van der Waals surface area contributed by atoms with Crippen LogP contribution in [0.15, 0.2) is 12.1 Å². The molecule has 0 saturated carbocycles. The van der Waals surface area contributed by atoms with E-state index in [1.165, 1.54) is 0 Å². The Labute approximate surface area is 175 Å². The Morgan fingerprint density at radius 1 is 0.963 bits per heavy atom. The fourth-order valence-corrected chi connectivity index (χ4v) is 3.46. The minimum atomic E-state index is 0.223. The minimum absolute atomic E-state index is 0.223. The monoisotopic (exact) mass is 430 g/mol. The Morgan fingerprint density at radius 2 is 1.56 bits per heavy atom. The highest BCUT2D eigenvalue weighted by molar-refractivity contribution is 6.31. The minimum Gasteiger partial charge on any atom is -0.355 e. The first-order valence-electron chi connectivity index (χ1n) is 9.14. The molecule has 0 aliphatic carbocycles. The van der Waals surface area contributed by atoms with Crippen LogP contribution < -0.4 is 10.6 Å². The van der Waals surface area contributed by atoms with Crippen LogP contribution in [-0.2, 0) is 12.8 Å². The molecule has 3 rings (SSSR count). The molecule has 2 aromatic heterocycles. The zero-order chi connectivity index (χ0) is 19.8. The number of rotatable bonds is 5. The van der Waals surface area contributed by atoms with Gasteiger partial charge in [0.2, 0.25) is 10.6 Å². The van der Waals surface area contributed by atoms with Gasteiger partial charge in [-0.1, -0.05) is 38.3 Å². The van der Waals surface area contributed by atoms with Crippen molar-refractivity contribution in [1.29, 1.82) is 0 Å². The summed E-state index contributed by atoms with van der Waals surface area (Å²) in [5.41, 5.74) is 7.79. The summed E-state index contributed by atoms with van der Waals surface area (Å²) < 4.78 is 0. The van der Waals surface area contributed by atoms with E-state index in [1.54, 1.807) is 6.07 Å². The number of anilines is 1. The van der Waals surface area contributed by atoms with Gasteiger partial charge in [0.05, 0.1) is 0 Å². The lowest BCUT2D eigenvalue weighted by Gasteiger charge is -2.17. The average molecular weight is 432 g/mol. The molecule has 1 fully saturated rings. The average Bonchev–Trinajstić information content (AvgIpc) is 3.01. The van der Waals surface area contributed by atoms with Crippen LogP contribution in [0.4, 0.5) is 5.82 Å². The quantitative estimate of drug-likeness (QED) is 0.559. The lowest BCUT2D eigenvalue weighted by molar-refractivity contribution is 0.751. The van der Waals surface area contributed by atoms with Crippen molar-refractivity contribution in [2.45, 2.75) is 52.0 Å². The van der Waals surface area contributed by atoms with Crippen LogP contribution in [0.5, 0.6) is 0 Å². The molecule has 2 N–H and O–H groups in total. The summed E-state index contributed by atoms with van der Waals surface area (Å²) in [6, 6.07) is 4.01. The zero-order valence-corrected chi connectivity index (χ0v) is 17.9. The molecule has 0 radical (unpaired) electrons. The zero-order valence-electron chi connectivity index (χ0n) is 15.6. The lowest BCUT2D eigenvalue weighted by Crippen LogP contribution is -2.27. The van der Waals surface area contributed by atoms with Crippen LogP contribution in [0.2, 0.25) is 15.7 Å². The van der Waals surface area contributed by atoms with Gasteiger partial charge in [-0.15, -0.1) is 0 Å². The molecule has 0 aromatic carbocycles. The maximum atomic E-state index is 5.92. The third-order valence-corrected chi connectivity index (χ3v) is 4.55. The van der Waals surface area contributed by atoms with Gasteiger partial charge in [-0.05, 0) is 48.5 Å². The molecule has 9 heteroatoms. The number of nitrogens with zero attached hydrogens (tertiary/aromatic N) is 5. The normalized spacial score (nSPS) is 16.2. The van der Waals surface area contributed by atoms with Crippen molar-refractivity contribution in [3.8, 4) is 0 Å². The van der Waals surface area contributed by atoms with E-state index in [1.807, 2.05) is 6.07 Å². The second-order valence-corrected chi connectivity index (χ2v) is 7.50. The Hall–Kier alpha value is -1.21. The van der Waals surface area contributed by atoms with Gasteiger partial charge in [-0.3, -0.25) is 0 Å². The highest BCUT2D eigenvalue weighted by atomic mass is 35.5. The van der Waals surface area contributed by atoms with E-state index in [-0.39, 0.29) is 11.3 Å². The van der Waals surface area contributed by atoms with Crippen LogP contribution in [0.25, 0.3) is 0 Å². The number of hydrogen-bond donors (Lipinski definition) is 1. The van der Waals surface area contributed by atoms with Crippen molar-refractivity contribution in [3.05, 3.63) is 39.2 Å². The molecule has 6 nitrogen and oxygen atoms in total. The highest BCUT2D eigenvalue weighted by Gasteiger charge is 2.21. The molecule has 3 heterocycles.